The highest BCUT2D eigenvalue weighted by Gasteiger charge is 2.24. The number of hydrogen-bond acceptors (Lipinski definition) is 7. The predicted octanol–water partition coefficient (Wildman–Crippen LogP) is 5.22. The molecule has 9 heteroatoms. The zero-order valence-corrected chi connectivity index (χ0v) is 23.4. The minimum atomic E-state index is -1.05. The molecule has 1 unspecified atom stereocenters. The number of esters is 1. The van der Waals surface area contributed by atoms with Crippen molar-refractivity contribution in [3.05, 3.63) is 53.6 Å². The summed E-state index contributed by atoms with van der Waals surface area (Å²) in [5.74, 6) is -1.86. The molecule has 1 aliphatic rings. The third-order valence-electron chi connectivity index (χ3n) is 5.93. The van der Waals surface area contributed by atoms with Gasteiger partial charge in [0.1, 0.15) is 6.61 Å². The lowest BCUT2D eigenvalue weighted by Gasteiger charge is -2.24. The van der Waals surface area contributed by atoms with E-state index < -0.39 is 23.5 Å². The minimum absolute atomic E-state index is 0.0246. The van der Waals surface area contributed by atoms with Gasteiger partial charge in [0.05, 0.1) is 19.1 Å². The number of carbonyl (C=O) groups is 4. The number of carboxylic acids is 1. The van der Waals surface area contributed by atoms with Gasteiger partial charge in [-0.1, -0.05) is 56.3 Å². The lowest BCUT2D eigenvalue weighted by molar-refractivity contribution is -0.148. The van der Waals surface area contributed by atoms with Gasteiger partial charge in [-0.05, 0) is 56.2 Å². The molecule has 0 heterocycles. The molecular weight excluding hydrogens is 502 g/mol. The highest BCUT2D eigenvalue weighted by molar-refractivity contribution is 5.81. The van der Waals surface area contributed by atoms with Crippen molar-refractivity contribution in [2.45, 2.75) is 84.8 Å². The number of benzene rings is 1. The Morgan fingerprint density at radius 2 is 1.67 bits per heavy atom. The van der Waals surface area contributed by atoms with Crippen LogP contribution in [0.25, 0.3) is 5.57 Å². The largest absolute Gasteiger partial charge is 0.508 e. The monoisotopic (exact) mass is 543 g/mol. The van der Waals surface area contributed by atoms with Crippen molar-refractivity contribution in [1.82, 2.24) is 5.32 Å². The first-order valence-electron chi connectivity index (χ1n) is 13.4. The molecule has 0 spiro atoms. The van der Waals surface area contributed by atoms with Crippen LogP contribution >= 0.6 is 0 Å². The van der Waals surface area contributed by atoms with Crippen LogP contribution in [0.3, 0.4) is 0 Å². The summed E-state index contributed by atoms with van der Waals surface area (Å²) in [5.41, 5.74) is 2.67. The van der Waals surface area contributed by atoms with Gasteiger partial charge in [0.2, 0.25) is 5.91 Å². The molecule has 0 saturated heterocycles. The van der Waals surface area contributed by atoms with Gasteiger partial charge in [0.15, 0.2) is 0 Å². The first-order valence-corrected chi connectivity index (χ1v) is 13.4. The van der Waals surface area contributed by atoms with Crippen molar-refractivity contribution in [3.8, 4) is 0 Å². The fourth-order valence-corrected chi connectivity index (χ4v) is 3.85. The van der Waals surface area contributed by atoms with Gasteiger partial charge >= 0.3 is 18.1 Å². The van der Waals surface area contributed by atoms with Crippen LogP contribution in [0.1, 0.15) is 77.3 Å². The van der Waals surface area contributed by atoms with Crippen LogP contribution in [-0.2, 0) is 35.0 Å². The van der Waals surface area contributed by atoms with Crippen LogP contribution in [0.4, 0.5) is 4.79 Å². The second-order valence-corrected chi connectivity index (χ2v) is 10.8. The Bertz CT molecular complexity index is 1040. The summed E-state index contributed by atoms with van der Waals surface area (Å²) in [6.45, 7) is 7.11. The quantitative estimate of drug-likeness (QED) is 0.288. The number of carbonyl (C=O) groups excluding carboxylic acids is 3. The van der Waals surface area contributed by atoms with Crippen LogP contribution in [0, 0.1) is 5.41 Å². The molecule has 0 aliphatic heterocycles. The molecular formula is C30H41NO8. The lowest BCUT2D eigenvalue weighted by Crippen LogP contribution is -2.37. The van der Waals surface area contributed by atoms with Gasteiger partial charge in [0.25, 0.3) is 0 Å². The van der Waals surface area contributed by atoms with E-state index >= 15 is 0 Å². The average molecular weight is 544 g/mol. The molecule has 214 valence electrons. The van der Waals surface area contributed by atoms with E-state index in [0.29, 0.717) is 12.8 Å². The van der Waals surface area contributed by atoms with Crippen LogP contribution < -0.4 is 5.32 Å². The highest BCUT2D eigenvalue weighted by Crippen LogP contribution is 2.22. The van der Waals surface area contributed by atoms with Crippen molar-refractivity contribution >= 4 is 29.6 Å². The van der Waals surface area contributed by atoms with Gasteiger partial charge in [-0.2, -0.15) is 0 Å². The smallest absolute Gasteiger partial charge is 0.481 e. The fraction of sp³-hybridized carbons (Fsp3) is 0.533. The van der Waals surface area contributed by atoms with Crippen molar-refractivity contribution in [2.75, 3.05) is 13.2 Å². The van der Waals surface area contributed by atoms with E-state index in [2.05, 4.69) is 23.5 Å². The van der Waals surface area contributed by atoms with E-state index in [9.17, 15) is 19.2 Å². The summed E-state index contributed by atoms with van der Waals surface area (Å²) in [6, 6.07) is 7.70. The van der Waals surface area contributed by atoms with Gasteiger partial charge in [-0.25, -0.2) is 4.79 Å². The van der Waals surface area contributed by atoms with E-state index in [1.165, 1.54) is 5.57 Å². The van der Waals surface area contributed by atoms with Crippen LogP contribution in [0.2, 0.25) is 0 Å². The number of rotatable bonds is 15. The molecule has 1 aliphatic carbocycles. The summed E-state index contributed by atoms with van der Waals surface area (Å²) < 4.78 is 15.5. The van der Waals surface area contributed by atoms with Crippen LogP contribution in [0.15, 0.2) is 42.5 Å². The molecule has 0 aromatic heterocycles. The van der Waals surface area contributed by atoms with Gasteiger partial charge in [0, 0.05) is 24.3 Å². The molecule has 9 nitrogen and oxygen atoms in total. The molecule has 0 radical (unpaired) electrons. The van der Waals surface area contributed by atoms with Gasteiger partial charge in [-0.3, -0.25) is 14.4 Å². The minimum Gasteiger partial charge on any atom is -0.481 e. The third kappa shape index (κ3) is 13.1. The first kappa shape index (κ1) is 31.6. The maximum atomic E-state index is 12.5. The third-order valence-corrected chi connectivity index (χ3v) is 5.93. The van der Waals surface area contributed by atoms with Crippen molar-refractivity contribution in [3.63, 3.8) is 0 Å². The van der Waals surface area contributed by atoms with Crippen LogP contribution in [-0.4, -0.2) is 54.5 Å². The SMILES string of the molecule is CC(C)OC(=O)OCC(C)(C)COC(=O)CCC(Cc1ccc(C2=CCCC=C2)cc1)NC(=O)CCC(=O)O. The van der Waals surface area contributed by atoms with Gasteiger partial charge < -0.3 is 24.6 Å². The normalized spacial score (nSPS) is 13.8. The number of amides is 1. The van der Waals surface area contributed by atoms with Crippen molar-refractivity contribution < 1.29 is 38.5 Å². The van der Waals surface area contributed by atoms with E-state index in [1.54, 1.807) is 27.7 Å². The number of hydrogen-bond donors (Lipinski definition) is 2. The summed E-state index contributed by atoms with van der Waals surface area (Å²) in [7, 11) is 0. The summed E-state index contributed by atoms with van der Waals surface area (Å²) in [5, 5.41) is 11.8. The number of ether oxygens (including phenoxy) is 3. The zero-order valence-electron chi connectivity index (χ0n) is 23.4. The molecule has 1 amide bonds. The van der Waals surface area contributed by atoms with E-state index in [1.807, 2.05) is 24.3 Å². The molecule has 39 heavy (non-hydrogen) atoms. The second kappa shape index (κ2) is 15.7. The highest BCUT2D eigenvalue weighted by atomic mass is 16.7. The Morgan fingerprint density at radius 1 is 0.974 bits per heavy atom. The van der Waals surface area contributed by atoms with E-state index in [0.717, 1.165) is 24.0 Å². The molecule has 1 atom stereocenters. The predicted molar refractivity (Wildman–Crippen MR) is 147 cm³/mol. The lowest BCUT2D eigenvalue weighted by atomic mass is 9.96. The maximum Gasteiger partial charge on any atom is 0.508 e. The Balaban J connectivity index is 1.92. The Kier molecular flexibility index (Phi) is 12.7. The Morgan fingerprint density at radius 3 is 2.28 bits per heavy atom. The maximum absolute atomic E-state index is 12.5. The summed E-state index contributed by atoms with van der Waals surface area (Å²) in [6.07, 6.45) is 7.94. The molecule has 1 aromatic carbocycles. The number of nitrogens with one attached hydrogen (secondary N) is 1. The summed E-state index contributed by atoms with van der Waals surface area (Å²) >= 11 is 0. The second-order valence-electron chi connectivity index (χ2n) is 10.8. The van der Waals surface area contributed by atoms with E-state index in [-0.39, 0.29) is 50.5 Å². The standard InChI is InChI=1S/C30H41NO8/c1-21(2)39-29(36)38-20-30(3,4)19-37-28(35)17-14-25(31-26(32)15-16-27(33)34)18-22-10-12-24(13-11-22)23-8-6-5-7-9-23/h6,8-13,21,25H,5,7,14-20H2,1-4H3,(H,31,32)(H,33,34). The Hall–Kier alpha value is -3.62. The fourth-order valence-electron chi connectivity index (χ4n) is 3.85. The molecule has 2 rings (SSSR count). The van der Waals surface area contributed by atoms with E-state index in [4.69, 9.17) is 19.3 Å². The van der Waals surface area contributed by atoms with Crippen molar-refractivity contribution in [1.29, 1.82) is 0 Å². The number of allylic oxidation sites excluding steroid dienone is 4. The zero-order chi connectivity index (χ0) is 28.8. The molecule has 0 bridgehead atoms. The summed E-state index contributed by atoms with van der Waals surface area (Å²) in [4.78, 5) is 47.3. The molecule has 0 fully saturated rings. The topological polar surface area (TPSA) is 128 Å². The van der Waals surface area contributed by atoms with Crippen LogP contribution in [0.5, 0.6) is 0 Å². The molecule has 0 saturated carbocycles. The number of aliphatic carboxylic acids is 1. The number of carboxylic acid groups (broad SMARTS) is 1. The molecule has 1 aromatic rings. The molecule has 2 N–H and O–H groups in total. The van der Waals surface area contributed by atoms with Crippen molar-refractivity contribution in [2.24, 2.45) is 5.41 Å². The van der Waals surface area contributed by atoms with Gasteiger partial charge in [-0.15, -0.1) is 0 Å². The average Bonchev–Trinajstić information content (AvgIpc) is 2.89. The Labute approximate surface area is 230 Å². The first-order chi connectivity index (χ1) is 18.4.